The quantitative estimate of drug-likeness (QED) is 0.554. The van der Waals surface area contributed by atoms with E-state index in [9.17, 15) is 0 Å². The molecule has 2 aromatic heterocycles. The molecule has 0 fully saturated rings. The summed E-state index contributed by atoms with van der Waals surface area (Å²) in [4.78, 5) is 16.6. The number of anilines is 1. The molecule has 112 valence electrons. The van der Waals surface area contributed by atoms with Crippen molar-refractivity contribution < 1.29 is 0 Å². The Hall–Kier alpha value is -2.69. The summed E-state index contributed by atoms with van der Waals surface area (Å²) in [6, 6.07) is 9.49. The summed E-state index contributed by atoms with van der Waals surface area (Å²) < 4.78 is 0. The molecule has 2 heterocycles. The monoisotopic (exact) mass is 293 g/mol. The number of aromatic nitrogens is 3. The maximum Gasteiger partial charge on any atom is 0.157 e. The summed E-state index contributed by atoms with van der Waals surface area (Å²) in [5.74, 6) is 0.729. The average molecular weight is 293 g/mol. The molecule has 3 N–H and O–H groups in total. The van der Waals surface area contributed by atoms with Crippen molar-refractivity contribution in [2.75, 3.05) is 5.73 Å². The number of nitrogen functional groups attached to an aromatic ring is 1. The van der Waals surface area contributed by atoms with Crippen LogP contribution in [0, 0.1) is 5.41 Å². The minimum Gasteiger partial charge on any atom is -0.397 e. The van der Waals surface area contributed by atoms with Crippen molar-refractivity contribution in [3.8, 4) is 11.5 Å². The van der Waals surface area contributed by atoms with Crippen LogP contribution in [0.1, 0.15) is 20.8 Å². The number of fused-ring (bicyclic) bond motifs is 1. The van der Waals surface area contributed by atoms with Gasteiger partial charge in [-0.2, -0.15) is 0 Å². The predicted octanol–water partition coefficient (Wildman–Crippen LogP) is 3.96. The van der Waals surface area contributed by atoms with E-state index in [0.29, 0.717) is 5.69 Å². The molecular formula is C17H19N5. The van der Waals surface area contributed by atoms with E-state index in [1.165, 1.54) is 0 Å². The lowest BCUT2D eigenvalue weighted by atomic mass is 9.99. The van der Waals surface area contributed by atoms with Crippen molar-refractivity contribution in [1.29, 1.82) is 0 Å². The number of hydrogen-bond donors (Lipinski definition) is 2. The Bertz CT molecular complexity index is 825. The Kier molecular flexibility index (Phi) is 3.41. The lowest BCUT2D eigenvalue weighted by Crippen LogP contribution is -2.05. The number of nitrogens with one attached hydrogen (secondary N) is 1. The number of nitrogens with zero attached hydrogens (tertiary/aromatic N) is 3. The van der Waals surface area contributed by atoms with Crippen LogP contribution in [0.4, 0.5) is 11.4 Å². The number of H-pyrrole nitrogens is 1. The first kappa shape index (κ1) is 14.3. The Morgan fingerprint density at radius 1 is 1.23 bits per heavy atom. The highest BCUT2D eigenvalue weighted by molar-refractivity contribution is 5.88. The first-order valence-electron chi connectivity index (χ1n) is 7.18. The molecule has 0 aliphatic rings. The third-order valence-corrected chi connectivity index (χ3v) is 3.13. The Morgan fingerprint density at radius 3 is 2.73 bits per heavy atom. The molecule has 3 aromatic rings. The van der Waals surface area contributed by atoms with E-state index in [4.69, 9.17) is 5.73 Å². The van der Waals surface area contributed by atoms with E-state index < -0.39 is 0 Å². The molecule has 3 rings (SSSR count). The van der Waals surface area contributed by atoms with Crippen molar-refractivity contribution in [2.45, 2.75) is 20.8 Å². The van der Waals surface area contributed by atoms with Crippen molar-refractivity contribution >= 4 is 28.6 Å². The molecule has 0 bridgehead atoms. The number of rotatable bonds is 2. The zero-order chi connectivity index (χ0) is 15.7. The zero-order valence-electron chi connectivity index (χ0n) is 13.0. The van der Waals surface area contributed by atoms with Crippen molar-refractivity contribution in [3.63, 3.8) is 0 Å². The first-order chi connectivity index (χ1) is 10.4. The largest absolute Gasteiger partial charge is 0.397 e. The van der Waals surface area contributed by atoms with Crippen LogP contribution in [-0.2, 0) is 0 Å². The molecule has 22 heavy (non-hydrogen) atoms. The summed E-state index contributed by atoms with van der Waals surface area (Å²) in [7, 11) is 0. The van der Waals surface area contributed by atoms with Crippen LogP contribution in [0.25, 0.3) is 22.6 Å². The molecule has 0 atom stereocenters. The topological polar surface area (TPSA) is 80.0 Å². The molecule has 0 saturated heterocycles. The van der Waals surface area contributed by atoms with Gasteiger partial charge in [0.05, 0.1) is 22.4 Å². The fourth-order valence-electron chi connectivity index (χ4n) is 2.06. The third kappa shape index (κ3) is 2.98. The molecule has 0 amide bonds. The third-order valence-electron chi connectivity index (χ3n) is 3.13. The number of benzene rings is 1. The Morgan fingerprint density at radius 2 is 2.05 bits per heavy atom. The van der Waals surface area contributed by atoms with Crippen molar-refractivity contribution in [3.05, 3.63) is 36.5 Å². The van der Waals surface area contributed by atoms with E-state index in [2.05, 4.69) is 40.7 Å². The van der Waals surface area contributed by atoms with E-state index in [-0.39, 0.29) is 5.41 Å². The Labute approximate surface area is 129 Å². The molecular weight excluding hydrogens is 274 g/mol. The molecule has 0 radical (unpaired) electrons. The number of hydrogen-bond acceptors (Lipinski definition) is 4. The molecule has 0 spiro atoms. The fraction of sp³-hybridized carbons (Fsp3) is 0.235. The Balaban J connectivity index is 2.05. The van der Waals surface area contributed by atoms with E-state index in [1.807, 2.05) is 36.5 Å². The summed E-state index contributed by atoms with van der Waals surface area (Å²) in [6.45, 7) is 6.29. The molecule has 5 nitrogen and oxygen atoms in total. The normalized spacial score (nSPS) is 12.3. The van der Waals surface area contributed by atoms with E-state index in [0.717, 1.165) is 28.2 Å². The van der Waals surface area contributed by atoms with Crippen LogP contribution in [0.15, 0.2) is 41.5 Å². The second-order valence-corrected chi connectivity index (χ2v) is 6.35. The maximum absolute atomic E-state index is 6.08. The standard InChI is InChI=1S/C17H19N5/c1-17(2,3)10-20-13-9-15-14(8-11(13)18)21-16(22-15)12-6-4-5-7-19-12/h4-10H,18H2,1-3H3,(H,21,22)/b20-10+. The van der Waals surface area contributed by atoms with Gasteiger partial charge >= 0.3 is 0 Å². The van der Waals surface area contributed by atoms with Gasteiger partial charge in [0.2, 0.25) is 0 Å². The number of nitrogens with two attached hydrogens (primary N) is 1. The number of aliphatic imine (C=N–C) groups is 1. The molecule has 0 saturated carbocycles. The summed E-state index contributed by atoms with van der Waals surface area (Å²) >= 11 is 0. The molecule has 1 aromatic carbocycles. The zero-order valence-corrected chi connectivity index (χ0v) is 13.0. The lowest BCUT2D eigenvalue weighted by Gasteiger charge is -2.10. The lowest BCUT2D eigenvalue weighted by molar-refractivity contribution is 0.607. The van der Waals surface area contributed by atoms with Gasteiger partial charge in [0.15, 0.2) is 5.82 Å². The van der Waals surface area contributed by atoms with Gasteiger partial charge in [-0.15, -0.1) is 0 Å². The number of aromatic amines is 1. The summed E-state index contributed by atoms with van der Waals surface area (Å²) in [6.07, 6.45) is 3.65. The highest BCUT2D eigenvalue weighted by Gasteiger charge is 2.10. The molecule has 0 aliphatic carbocycles. The van der Waals surface area contributed by atoms with E-state index >= 15 is 0 Å². The number of pyridine rings is 1. The van der Waals surface area contributed by atoms with Crippen LogP contribution in [0.5, 0.6) is 0 Å². The summed E-state index contributed by atoms with van der Waals surface area (Å²) in [5.41, 5.74) is 9.97. The maximum atomic E-state index is 6.08. The van der Waals surface area contributed by atoms with Crippen LogP contribution in [0.2, 0.25) is 0 Å². The van der Waals surface area contributed by atoms with Crippen LogP contribution in [-0.4, -0.2) is 21.2 Å². The van der Waals surface area contributed by atoms with Gasteiger partial charge in [0.25, 0.3) is 0 Å². The smallest absolute Gasteiger partial charge is 0.157 e. The molecule has 0 aliphatic heterocycles. The average Bonchev–Trinajstić information content (AvgIpc) is 2.87. The van der Waals surface area contributed by atoms with Crippen LogP contribution >= 0.6 is 0 Å². The SMILES string of the molecule is CC(C)(C)/C=N/c1cc2[nH]c(-c3ccccn3)nc2cc1N. The van der Waals surface area contributed by atoms with Gasteiger partial charge in [-0.1, -0.05) is 26.8 Å². The van der Waals surface area contributed by atoms with E-state index in [1.54, 1.807) is 6.20 Å². The second-order valence-electron chi connectivity index (χ2n) is 6.35. The van der Waals surface area contributed by atoms with Gasteiger partial charge in [-0.05, 0) is 29.7 Å². The van der Waals surface area contributed by atoms with Gasteiger partial charge in [0, 0.05) is 12.4 Å². The molecule has 0 unspecified atom stereocenters. The molecule has 5 heteroatoms. The highest BCUT2D eigenvalue weighted by atomic mass is 15.0. The minimum atomic E-state index is 0.00843. The minimum absolute atomic E-state index is 0.00843. The predicted molar refractivity (Wildman–Crippen MR) is 91.3 cm³/mol. The van der Waals surface area contributed by atoms with Crippen molar-refractivity contribution in [2.24, 2.45) is 10.4 Å². The number of imidazole rings is 1. The van der Waals surface area contributed by atoms with Gasteiger partial charge in [-0.3, -0.25) is 9.98 Å². The summed E-state index contributed by atoms with van der Waals surface area (Å²) in [5, 5.41) is 0. The van der Waals surface area contributed by atoms with Gasteiger partial charge < -0.3 is 10.7 Å². The van der Waals surface area contributed by atoms with Crippen molar-refractivity contribution in [1.82, 2.24) is 15.0 Å². The van der Waals surface area contributed by atoms with Crippen LogP contribution < -0.4 is 5.73 Å². The first-order valence-corrected chi connectivity index (χ1v) is 7.18. The van der Waals surface area contributed by atoms with Gasteiger partial charge in [-0.25, -0.2) is 4.98 Å². The fourth-order valence-corrected chi connectivity index (χ4v) is 2.06. The van der Waals surface area contributed by atoms with Crippen LogP contribution in [0.3, 0.4) is 0 Å². The van der Waals surface area contributed by atoms with Gasteiger partial charge in [0.1, 0.15) is 5.69 Å². The second kappa shape index (κ2) is 5.26. The highest BCUT2D eigenvalue weighted by Crippen LogP contribution is 2.29.